The van der Waals surface area contributed by atoms with E-state index in [0.29, 0.717) is 27.9 Å². The van der Waals surface area contributed by atoms with E-state index in [2.05, 4.69) is 10.6 Å². The number of hydrogen-bond donors (Lipinski definition) is 2. The number of carbonyl (C=O) groups is 2. The summed E-state index contributed by atoms with van der Waals surface area (Å²) in [7, 11) is 3.05. The molecule has 8 heteroatoms. The third-order valence-corrected chi connectivity index (χ3v) is 5.01. The normalized spacial score (nSPS) is 11.4. The minimum absolute atomic E-state index is 0.124. The van der Waals surface area contributed by atoms with Crippen molar-refractivity contribution < 1.29 is 19.1 Å². The van der Waals surface area contributed by atoms with Crippen LogP contribution in [0.25, 0.3) is 0 Å². The van der Waals surface area contributed by atoms with Gasteiger partial charge < -0.3 is 20.1 Å². The molecule has 0 aliphatic carbocycles. The second-order valence-corrected chi connectivity index (χ2v) is 7.30. The lowest BCUT2D eigenvalue weighted by Crippen LogP contribution is -2.25. The van der Waals surface area contributed by atoms with Crippen molar-refractivity contribution in [3.8, 4) is 11.5 Å². The molecule has 0 aliphatic heterocycles. The van der Waals surface area contributed by atoms with Gasteiger partial charge in [0.05, 0.1) is 36.6 Å². The van der Waals surface area contributed by atoms with E-state index >= 15 is 0 Å². The predicted octanol–water partition coefficient (Wildman–Crippen LogP) is 4.06. The molecule has 2 aromatic rings. The number of amides is 2. The Morgan fingerprint density at radius 1 is 1.04 bits per heavy atom. The Balaban J connectivity index is 1.89. The Kier molecular flexibility index (Phi) is 7.82. The summed E-state index contributed by atoms with van der Waals surface area (Å²) in [5.74, 6) is 0.753. The van der Waals surface area contributed by atoms with Crippen molar-refractivity contribution in [1.29, 1.82) is 0 Å². The van der Waals surface area contributed by atoms with Crippen LogP contribution in [-0.2, 0) is 9.59 Å². The highest BCUT2D eigenvalue weighted by Gasteiger charge is 2.18. The standard InChI is InChI=1S/C19H21ClN2O4S/c1-12(19(24)22-15-10-13(20)8-9-17(15)26-3)27-11-18(23)21-14-6-4-5-7-16(14)25-2/h4-10,12H,11H2,1-3H3,(H,21,23)(H,22,24)/t12-/m0/s1. The Morgan fingerprint density at radius 3 is 2.41 bits per heavy atom. The molecule has 0 fully saturated rings. The van der Waals surface area contributed by atoms with Gasteiger partial charge in [0.2, 0.25) is 11.8 Å². The van der Waals surface area contributed by atoms with Gasteiger partial charge in [0, 0.05) is 5.02 Å². The molecule has 144 valence electrons. The monoisotopic (exact) mass is 408 g/mol. The number of benzene rings is 2. The summed E-state index contributed by atoms with van der Waals surface area (Å²) in [4.78, 5) is 24.5. The number of methoxy groups -OCH3 is 2. The quantitative estimate of drug-likeness (QED) is 0.688. The van der Waals surface area contributed by atoms with Gasteiger partial charge in [-0.3, -0.25) is 9.59 Å². The summed E-state index contributed by atoms with van der Waals surface area (Å²) in [5.41, 5.74) is 1.08. The summed E-state index contributed by atoms with van der Waals surface area (Å²) < 4.78 is 10.4. The van der Waals surface area contributed by atoms with Crippen LogP contribution in [0.1, 0.15) is 6.92 Å². The second kappa shape index (κ2) is 10.1. The topological polar surface area (TPSA) is 76.7 Å². The molecule has 0 spiro atoms. The summed E-state index contributed by atoms with van der Waals surface area (Å²) in [6.45, 7) is 1.73. The molecule has 0 unspecified atom stereocenters. The van der Waals surface area contributed by atoms with Gasteiger partial charge in [-0.15, -0.1) is 11.8 Å². The van der Waals surface area contributed by atoms with Gasteiger partial charge in [-0.2, -0.15) is 0 Å². The van der Waals surface area contributed by atoms with Crippen LogP contribution in [-0.4, -0.2) is 37.0 Å². The molecule has 2 aromatic carbocycles. The zero-order valence-electron chi connectivity index (χ0n) is 15.2. The Bertz CT molecular complexity index is 816. The molecule has 1 atom stereocenters. The molecule has 0 saturated carbocycles. The van der Waals surface area contributed by atoms with Crippen molar-refractivity contribution in [3.63, 3.8) is 0 Å². The molecule has 0 bridgehead atoms. The molecule has 0 saturated heterocycles. The first-order valence-electron chi connectivity index (χ1n) is 8.13. The first-order valence-corrected chi connectivity index (χ1v) is 9.56. The highest BCUT2D eigenvalue weighted by atomic mass is 35.5. The third kappa shape index (κ3) is 6.08. The molecular weight excluding hydrogens is 388 g/mol. The van der Waals surface area contributed by atoms with E-state index in [1.165, 1.54) is 26.0 Å². The Labute approximate surface area is 167 Å². The number of anilines is 2. The number of para-hydroxylation sites is 2. The first kappa shape index (κ1) is 20.9. The van der Waals surface area contributed by atoms with Crippen LogP contribution in [0.3, 0.4) is 0 Å². The lowest BCUT2D eigenvalue weighted by atomic mass is 10.3. The van der Waals surface area contributed by atoms with Gasteiger partial charge >= 0.3 is 0 Å². The number of carbonyl (C=O) groups excluding carboxylic acids is 2. The summed E-state index contributed by atoms with van der Waals surface area (Å²) >= 11 is 7.19. The number of rotatable bonds is 8. The van der Waals surface area contributed by atoms with Crippen molar-refractivity contribution in [2.75, 3.05) is 30.6 Å². The van der Waals surface area contributed by atoms with Crippen molar-refractivity contribution in [1.82, 2.24) is 0 Å². The van der Waals surface area contributed by atoms with E-state index in [1.807, 2.05) is 6.07 Å². The fourth-order valence-corrected chi connectivity index (χ4v) is 3.08. The van der Waals surface area contributed by atoms with Crippen molar-refractivity contribution >= 4 is 46.6 Å². The van der Waals surface area contributed by atoms with Crippen molar-refractivity contribution in [2.45, 2.75) is 12.2 Å². The highest BCUT2D eigenvalue weighted by molar-refractivity contribution is 8.01. The maximum absolute atomic E-state index is 12.4. The van der Waals surface area contributed by atoms with Crippen molar-refractivity contribution in [2.24, 2.45) is 0 Å². The average molecular weight is 409 g/mol. The third-order valence-electron chi connectivity index (χ3n) is 3.63. The average Bonchev–Trinajstić information content (AvgIpc) is 2.66. The SMILES string of the molecule is COc1ccccc1NC(=O)CS[C@@H](C)C(=O)Nc1cc(Cl)ccc1OC. The number of hydrogen-bond acceptors (Lipinski definition) is 5. The molecule has 0 aliphatic rings. The number of ether oxygens (including phenoxy) is 2. The predicted molar refractivity (Wildman–Crippen MR) is 110 cm³/mol. The van der Waals surface area contributed by atoms with Crippen molar-refractivity contribution in [3.05, 3.63) is 47.5 Å². The van der Waals surface area contributed by atoms with E-state index in [4.69, 9.17) is 21.1 Å². The van der Waals surface area contributed by atoms with Crippen LogP contribution in [0.2, 0.25) is 5.02 Å². The number of halogens is 1. The van der Waals surface area contributed by atoms with E-state index in [0.717, 1.165) is 0 Å². The van der Waals surface area contributed by atoms with Gasteiger partial charge in [-0.1, -0.05) is 23.7 Å². The number of nitrogens with one attached hydrogen (secondary N) is 2. The Hall–Kier alpha value is -2.38. The minimum Gasteiger partial charge on any atom is -0.495 e. The lowest BCUT2D eigenvalue weighted by Gasteiger charge is -2.15. The minimum atomic E-state index is -0.447. The van der Waals surface area contributed by atoms with Gasteiger partial charge in [0.15, 0.2) is 0 Å². The summed E-state index contributed by atoms with van der Waals surface area (Å²) in [5, 5.41) is 5.59. The van der Waals surface area contributed by atoms with Gasteiger partial charge in [-0.05, 0) is 37.3 Å². The molecule has 2 rings (SSSR count). The van der Waals surface area contributed by atoms with Gasteiger partial charge in [0.25, 0.3) is 0 Å². The largest absolute Gasteiger partial charge is 0.495 e. The molecule has 0 radical (unpaired) electrons. The molecule has 6 nitrogen and oxygen atoms in total. The van der Waals surface area contributed by atoms with Crippen LogP contribution in [0.4, 0.5) is 11.4 Å². The number of thioether (sulfide) groups is 1. The van der Waals surface area contributed by atoms with Crippen LogP contribution in [0.15, 0.2) is 42.5 Å². The zero-order valence-corrected chi connectivity index (χ0v) is 16.8. The van der Waals surface area contributed by atoms with E-state index < -0.39 is 5.25 Å². The van der Waals surface area contributed by atoms with Gasteiger partial charge in [0.1, 0.15) is 11.5 Å². The lowest BCUT2D eigenvalue weighted by molar-refractivity contribution is -0.115. The molecule has 0 heterocycles. The smallest absolute Gasteiger partial charge is 0.237 e. The second-order valence-electron chi connectivity index (χ2n) is 5.54. The fourth-order valence-electron chi connectivity index (χ4n) is 2.22. The molecule has 27 heavy (non-hydrogen) atoms. The first-order chi connectivity index (χ1) is 12.9. The highest BCUT2D eigenvalue weighted by Crippen LogP contribution is 2.28. The Morgan fingerprint density at radius 2 is 1.70 bits per heavy atom. The maximum Gasteiger partial charge on any atom is 0.237 e. The van der Waals surface area contributed by atoms with E-state index in [9.17, 15) is 9.59 Å². The molecule has 0 aromatic heterocycles. The van der Waals surface area contributed by atoms with E-state index in [-0.39, 0.29) is 17.6 Å². The molecule has 2 N–H and O–H groups in total. The van der Waals surface area contributed by atoms with Crippen LogP contribution < -0.4 is 20.1 Å². The summed E-state index contributed by atoms with van der Waals surface area (Å²) in [6, 6.07) is 12.1. The zero-order chi connectivity index (χ0) is 19.8. The van der Waals surface area contributed by atoms with E-state index in [1.54, 1.807) is 43.3 Å². The van der Waals surface area contributed by atoms with Crippen LogP contribution >= 0.6 is 23.4 Å². The van der Waals surface area contributed by atoms with Crippen LogP contribution in [0.5, 0.6) is 11.5 Å². The van der Waals surface area contributed by atoms with Gasteiger partial charge in [-0.25, -0.2) is 0 Å². The van der Waals surface area contributed by atoms with Crippen LogP contribution in [0, 0.1) is 0 Å². The summed E-state index contributed by atoms with van der Waals surface area (Å²) in [6.07, 6.45) is 0. The molecular formula is C19H21ClN2O4S. The maximum atomic E-state index is 12.4. The fraction of sp³-hybridized carbons (Fsp3) is 0.263. The molecule has 2 amide bonds.